The fourth-order valence-electron chi connectivity index (χ4n) is 3.45. The molecular weight excluding hydrogens is 382 g/mol. The average molecular weight is 409 g/mol. The van der Waals surface area contributed by atoms with Gasteiger partial charge in [-0.25, -0.2) is 4.39 Å². The smallest absolute Gasteiger partial charge is 0.260 e. The van der Waals surface area contributed by atoms with E-state index in [1.165, 1.54) is 12.1 Å². The van der Waals surface area contributed by atoms with E-state index >= 15 is 0 Å². The van der Waals surface area contributed by atoms with Crippen molar-refractivity contribution in [1.82, 2.24) is 0 Å². The van der Waals surface area contributed by atoms with Crippen LogP contribution in [0.3, 0.4) is 0 Å². The van der Waals surface area contributed by atoms with Crippen LogP contribution in [-0.4, -0.2) is 21.3 Å². The Balaban J connectivity index is 2.77. The maximum absolute atomic E-state index is 14.2. The van der Waals surface area contributed by atoms with E-state index in [9.17, 15) is 8.78 Å². The largest absolute Gasteiger partial charge is 0.455 e. The third-order valence-electron chi connectivity index (χ3n) is 4.32. The van der Waals surface area contributed by atoms with Crippen LogP contribution in [-0.2, 0) is 4.43 Å². The standard InChI is InChI=1S/C17H27BrF2O2Si/c1-11(2)23(12(3)4,13(5)6)21-10-17(20)22-16-8-7-14(18)9-15(16)19/h7-9,11-13,17H,10H2,1-6H3. The van der Waals surface area contributed by atoms with Crippen molar-refractivity contribution in [2.45, 2.75) is 64.5 Å². The first-order chi connectivity index (χ1) is 10.6. The van der Waals surface area contributed by atoms with Crippen LogP contribution in [0.5, 0.6) is 5.75 Å². The summed E-state index contributed by atoms with van der Waals surface area (Å²) in [4.78, 5) is 0. The first-order valence-electron chi connectivity index (χ1n) is 8.01. The predicted octanol–water partition coefficient (Wildman–Crippen LogP) is 6.45. The van der Waals surface area contributed by atoms with Crippen LogP contribution in [0.25, 0.3) is 0 Å². The number of alkyl halides is 1. The number of benzene rings is 1. The Morgan fingerprint density at radius 2 is 1.57 bits per heavy atom. The first-order valence-corrected chi connectivity index (χ1v) is 10.9. The molecule has 0 spiro atoms. The van der Waals surface area contributed by atoms with Gasteiger partial charge in [0.2, 0.25) is 8.32 Å². The van der Waals surface area contributed by atoms with Crippen molar-refractivity contribution in [3.8, 4) is 5.75 Å². The summed E-state index contributed by atoms with van der Waals surface area (Å²) < 4.78 is 39.7. The molecule has 0 bridgehead atoms. The molecule has 1 aromatic carbocycles. The molecule has 1 unspecified atom stereocenters. The molecule has 1 atom stereocenters. The van der Waals surface area contributed by atoms with E-state index in [0.717, 1.165) is 0 Å². The maximum atomic E-state index is 14.2. The lowest BCUT2D eigenvalue weighted by Gasteiger charge is -2.42. The molecule has 1 aromatic rings. The van der Waals surface area contributed by atoms with Crippen molar-refractivity contribution in [1.29, 1.82) is 0 Å². The molecule has 0 amide bonds. The summed E-state index contributed by atoms with van der Waals surface area (Å²) >= 11 is 3.16. The highest BCUT2D eigenvalue weighted by atomic mass is 79.9. The van der Waals surface area contributed by atoms with E-state index in [-0.39, 0.29) is 12.4 Å². The van der Waals surface area contributed by atoms with Crippen molar-refractivity contribution in [3.05, 3.63) is 28.5 Å². The third-order valence-corrected chi connectivity index (χ3v) is 10.9. The van der Waals surface area contributed by atoms with Gasteiger partial charge in [0.1, 0.15) is 6.61 Å². The van der Waals surface area contributed by atoms with Gasteiger partial charge in [0, 0.05) is 4.47 Å². The van der Waals surface area contributed by atoms with Crippen molar-refractivity contribution in [2.75, 3.05) is 6.61 Å². The SMILES string of the molecule is CC(C)[Si](OCC(F)Oc1ccc(Br)cc1F)(C(C)C)C(C)C. The molecule has 0 fully saturated rings. The summed E-state index contributed by atoms with van der Waals surface area (Å²) in [5, 5.41) is 0. The molecule has 0 heterocycles. The summed E-state index contributed by atoms with van der Waals surface area (Å²) in [6.45, 7) is 12.6. The second kappa shape index (κ2) is 8.58. The van der Waals surface area contributed by atoms with Crippen molar-refractivity contribution in [2.24, 2.45) is 0 Å². The highest BCUT2D eigenvalue weighted by Crippen LogP contribution is 2.42. The predicted molar refractivity (Wildman–Crippen MR) is 96.6 cm³/mol. The van der Waals surface area contributed by atoms with Crippen LogP contribution in [0.2, 0.25) is 16.6 Å². The van der Waals surface area contributed by atoms with Gasteiger partial charge < -0.3 is 9.16 Å². The minimum atomic E-state index is -2.15. The van der Waals surface area contributed by atoms with Gasteiger partial charge in [-0.15, -0.1) is 0 Å². The number of rotatable bonds is 8. The Kier molecular flexibility index (Phi) is 7.68. The quantitative estimate of drug-likeness (QED) is 0.459. The molecule has 0 aliphatic heterocycles. The zero-order chi connectivity index (χ0) is 17.8. The number of hydrogen-bond acceptors (Lipinski definition) is 2. The zero-order valence-corrected chi connectivity index (χ0v) is 17.3. The van der Waals surface area contributed by atoms with E-state index in [4.69, 9.17) is 9.16 Å². The molecule has 1 rings (SSSR count). The second-order valence-corrected chi connectivity index (χ2v) is 13.1. The minimum absolute atomic E-state index is 0.102. The highest BCUT2D eigenvalue weighted by molar-refractivity contribution is 9.10. The van der Waals surface area contributed by atoms with Crippen LogP contribution in [0.1, 0.15) is 41.5 Å². The monoisotopic (exact) mass is 408 g/mol. The zero-order valence-electron chi connectivity index (χ0n) is 14.7. The lowest BCUT2D eigenvalue weighted by atomic mass is 10.3. The van der Waals surface area contributed by atoms with E-state index in [1.807, 2.05) is 0 Å². The van der Waals surface area contributed by atoms with Gasteiger partial charge in [0.05, 0.1) is 0 Å². The Labute approximate surface area is 147 Å². The van der Waals surface area contributed by atoms with E-state index in [0.29, 0.717) is 21.1 Å². The van der Waals surface area contributed by atoms with Crippen molar-refractivity contribution < 1.29 is 17.9 Å². The molecule has 0 aromatic heterocycles. The number of halogens is 3. The molecule has 0 radical (unpaired) electrons. The van der Waals surface area contributed by atoms with Gasteiger partial charge >= 0.3 is 0 Å². The summed E-state index contributed by atoms with van der Waals surface area (Å²) in [6.07, 6.45) is -1.69. The Hall–Kier alpha value is -0.463. The van der Waals surface area contributed by atoms with Crippen molar-refractivity contribution >= 4 is 24.2 Å². The van der Waals surface area contributed by atoms with Gasteiger partial charge in [0.25, 0.3) is 6.36 Å². The second-order valence-electron chi connectivity index (χ2n) is 6.73. The Morgan fingerprint density at radius 1 is 1.04 bits per heavy atom. The van der Waals surface area contributed by atoms with Crippen LogP contribution >= 0.6 is 15.9 Å². The molecule has 6 heteroatoms. The third kappa shape index (κ3) is 5.00. The van der Waals surface area contributed by atoms with E-state index in [1.54, 1.807) is 6.07 Å². The normalized spacial score (nSPS) is 13.9. The van der Waals surface area contributed by atoms with Crippen molar-refractivity contribution in [3.63, 3.8) is 0 Å². The molecule has 0 N–H and O–H groups in total. The lowest BCUT2D eigenvalue weighted by molar-refractivity contribution is 0.0139. The summed E-state index contributed by atoms with van der Waals surface area (Å²) in [7, 11) is -2.15. The fraction of sp³-hybridized carbons (Fsp3) is 0.647. The van der Waals surface area contributed by atoms with Gasteiger partial charge in [-0.1, -0.05) is 57.5 Å². The molecule has 2 nitrogen and oxygen atoms in total. The summed E-state index contributed by atoms with van der Waals surface area (Å²) in [6, 6.07) is 4.27. The topological polar surface area (TPSA) is 18.5 Å². The fourth-order valence-corrected chi connectivity index (χ4v) is 9.21. The van der Waals surface area contributed by atoms with Crippen LogP contribution in [0, 0.1) is 5.82 Å². The van der Waals surface area contributed by atoms with E-state index in [2.05, 4.69) is 57.5 Å². The molecule has 23 heavy (non-hydrogen) atoms. The minimum Gasteiger partial charge on any atom is -0.455 e. The molecule has 132 valence electrons. The molecule has 0 aliphatic rings. The average Bonchev–Trinajstić information content (AvgIpc) is 2.41. The van der Waals surface area contributed by atoms with Crippen LogP contribution < -0.4 is 4.74 Å². The summed E-state index contributed by atoms with van der Waals surface area (Å²) in [5.41, 5.74) is 1.08. The van der Waals surface area contributed by atoms with Crippen LogP contribution in [0.4, 0.5) is 8.78 Å². The number of hydrogen-bond donors (Lipinski definition) is 0. The molecule has 0 saturated heterocycles. The number of ether oxygens (including phenoxy) is 1. The molecule has 0 saturated carbocycles. The van der Waals surface area contributed by atoms with Crippen LogP contribution in [0.15, 0.2) is 22.7 Å². The maximum Gasteiger partial charge on any atom is 0.260 e. The van der Waals surface area contributed by atoms with Gasteiger partial charge in [-0.2, -0.15) is 4.39 Å². The van der Waals surface area contributed by atoms with Gasteiger partial charge in [-0.3, -0.25) is 0 Å². The van der Waals surface area contributed by atoms with E-state index < -0.39 is 20.5 Å². The Bertz CT molecular complexity index is 488. The van der Waals surface area contributed by atoms with Gasteiger partial charge in [-0.05, 0) is 34.8 Å². The Morgan fingerprint density at radius 3 is 2.00 bits per heavy atom. The summed E-state index contributed by atoms with van der Waals surface area (Å²) in [5.74, 6) is -0.697. The lowest BCUT2D eigenvalue weighted by Crippen LogP contribution is -2.49. The first kappa shape index (κ1) is 20.6. The molecule has 0 aliphatic carbocycles. The van der Waals surface area contributed by atoms with Gasteiger partial charge in [0.15, 0.2) is 11.6 Å². The highest BCUT2D eigenvalue weighted by Gasteiger charge is 2.45. The molecular formula is C17H27BrF2O2Si.